The summed E-state index contributed by atoms with van der Waals surface area (Å²) in [4.78, 5) is 23.5. The lowest BCUT2D eigenvalue weighted by molar-refractivity contribution is 0.0971. The maximum Gasteiger partial charge on any atom is 0.328 e. The first kappa shape index (κ1) is 11.9. The summed E-state index contributed by atoms with van der Waals surface area (Å²) in [6.45, 7) is 0.0707. The standard InChI is InChI=1S/C12H11BrN2O2/c1-14-6-7-15(12(14)17)8-11(16)9-2-4-10(13)5-3-9/h2-7H,8H2,1H3. The van der Waals surface area contributed by atoms with Gasteiger partial charge in [0, 0.05) is 29.5 Å². The Balaban J connectivity index is 2.20. The van der Waals surface area contributed by atoms with Crippen LogP contribution < -0.4 is 5.69 Å². The Kier molecular flexibility index (Phi) is 3.28. The normalized spacial score (nSPS) is 10.5. The van der Waals surface area contributed by atoms with Gasteiger partial charge in [-0.25, -0.2) is 4.79 Å². The van der Waals surface area contributed by atoms with Gasteiger partial charge in [-0.15, -0.1) is 0 Å². The third kappa shape index (κ3) is 2.55. The molecule has 0 amide bonds. The van der Waals surface area contributed by atoms with E-state index < -0.39 is 0 Å². The molecule has 0 aliphatic heterocycles. The topological polar surface area (TPSA) is 44.0 Å². The van der Waals surface area contributed by atoms with E-state index in [0.29, 0.717) is 5.56 Å². The molecule has 0 bridgehead atoms. The SMILES string of the molecule is Cn1ccn(CC(=O)c2ccc(Br)cc2)c1=O. The van der Waals surface area contributed by atoms with E-state index >= 15 is 0 Å². The second-order valence-electron chi connectivity index (χ2n) is 3.75. The highest BCUT2D eigenvalue weighted by atomic mass is 79.9. The molecular weight excluding hydrogens is 284 g/mol. The van der Waals surface area contributed by atoms with E-state index in [1.54, 1.807) is 43.7 Å². The van der Waals surface area contributed by atoms with Crippen molar-refractivity contribution in [1.29, 1.82) is 0 Å². The molecular formula is C12H11BrN2O2. The monoisotopic (exact) mass is 294 g/mol. The Morgan fingerprint density at radius 1 is 1.24 bits per heavy atom. The summed E-state index contributed by atoms with van der Waals surface area (Å²) in [5, 5.41) is 0. The number of rotatable bonds is 3. The number of aromatic nitrogens is 2. The van der Waals surface area contributed by atoms with E-state index in [2.05, 4.69) is 15.9 Å². The second kappa shape index (κ2) is 4.71. The Hall–Kier alpha value is -1.62. The van der Waals surface area contributed by atoms with Gasteiger partial charge in [-0.2, -0.15) is 0 Å². The molecule has 1 heterocycles. The molecule has 0 unspecified atom stereocenters. The van der Waals surface area contributed by atoms with Gasteiger partial charge in [0.05, 0.1) is 6.54 Å². The summed E-state index contributed by atoms with van der Waals surface area (Å²) in [7, 11) is 1.66. The zero-order valence-electron chi connectivity index (χ0n) is 9.26. The molecule has 17 heavy (non-hydrogen) atoms. The molecule has 1 aromatic heterocycles. The van der Waals surface area contributed by atoms with Gasteiger partial charge < -0.3 is 4.57 Å². The molecule has 0 atom stereocenters. The largest absolute Gasteiger partial charge is 0.328 e. The first-order valence-electron chi connectivity index (χ1n) is 5.08. The van der Waals surface area contributed by atoms with Crippen LogP contribution in [0.5, 0.6) is 0 Å². The lowest BCUT2D eigenvalue weighted by atomic mass is 10.1. The number of carbonyl (C=O) groups is 1. The van der Waals surface area contributed by atoms with Crippen molar-refractivity contribution in [2.24, 2.45) is 7.05 Å². The van der Waals surface area contributed by atoms with Crippen molar-refractivity contribution in [3.63, 3.8) is 0 Å². The molecule has 0 spiro atoms. The van der Waals surface area contributed by atoms with Gasteiger partial charge in [0.2, 0.25) is 0 Å². The van der Waals surface area contributed by atoms with Gasteiger partial charge in [-0.3, -0.25) is 9.36 Å². The molecule has 5 heteroatoms. The molecule has 88 valence electrons. The third-order valence-electron chi connectivity index (χ3n) is 2.50. The van der Waals surface area contributed by atoms with E-state index in [4.69, 9.17) is 0 Å². The molecule has 0 fully saturated rings. The zero-order valence-corrected chi connectivity index (χ0v) is 10.8. The van der Waals surface area contributed by atoms with Crippen molar-refractivity contribution in [3.8, 4) is 0 Å². The van der Waals surface area contributed by atoms with Crippen molar-refractivity contribution in [1.82, 2.24) is 9.13 Å². The quantitative estimate of drug-likeness (QED) is 0.811. The molecule has 2 rings (SSSR count). The van der Waals surface area contributed by atoms with Crippen LogP contribution in [0.25, 0.3) is 0 Å². The number of aryl methyl sites for hydroxylation is 1. The molecule has 0 saturated heterocycles. The number of benzene rings is 1. The average Bonchev–Trinajstić information content (AvgIpc) is 2.62. The number of halogens is 1. The fourth-order valence-electron chi connectivity index (χ4n) is 1.51. The zero-order chi connectivity index (χ0) is 12.4. The van der Waals surface area contributed by atoms with Crippen molar-refractivity contribution in [3.05, 3.63) is 57.2 Å². The van der Waals surface area contributed by atoms with E-state index in [1.807, 2.05) is 0 Å². The van der Waals surface area contributed by atoms with E-state index in [9.17, 15) is 9.59 Å². The van der Waals surface area contributed by atoms with Crippen LogP contribution in [0.15, 0.2) is 45.9 Å². The minimum atomic E-state index is -0.185. The summed E-state index contributed by atoms with van der Waals surface area (Å²) >= 11 is 3.31. The highest BCUT2D eigenvalue weighted by molar-refractivity contribution is 9.10. The number of carbonyl (C=O) groups excluding carboxylic acids is 1. The van der Waals surface area contributed by atoms with Crippen molar-refractivity contribution < 1.29 is 4.79 Å². The van der Waals surface area contributed by atoms with Crippen LogP contribution in [-0.4, -0.2) is 14.9 Å². The van der Waals surface area contributed by atoms with Crippen LogP contribution in [0.1, 0.15) is 10.4 Å². The van der Waals surface area contributed by atoms with Gasteiger partial charge in [0.1, 0.15) is 0 Å². The molecule has 0 aliphatic rings. The highest BCUT2D eigenvalue weighted by Crippen LogP contribution is 2.11. The van der Waals surface area contributed by atoms with Gasteiger partial charge in [-0.1, -0.05) is 28.1 Å². The fourth-order valence-corrected chi connectivity index (χ4v) is 1.78. The minimum absolute atomic E-state index is 0.0707. The summed E-state index contributed by atoms with van der Waals surface area (Å²) in [6, 6.07) is 7.09. The van der Waals surface area contributed by atoms with Crippen LogP contribution in [-0.2, 0) is 13.6 Å². The lowest BCUT2D eigenvalue weighted by Crippen LogP contribution is -2.25. The van der Waals surface area contributed by atoms with Crippen LogP contribution >= 0.6 is 15.9 Å². The Labute approximate surface area is 107 Å². The van der Waals surface area contributed by atoms with E-state index in [1.165, 1.54) is 9.13 Å². The number of Topliss-reactive ketones (excluding diaryl/α,β-unsaturated/α-hetero) is 1. The molecule has 0 aliphatic carbocycles. The number of hydrogen-bond donors (Lipinski definition) is 0. The van der Waals surface area contributed by atoms with Gasteiger partial charge in [-0.05, 0) is 12.1 Å². The number of ketones is 1. The molecule has 2 aromatic rings. The predicted molar refractivity (Wildman–Crippen MR) is 68.1 cm³/mol. The number of nitrogens with zero attached hydrogens (tertiary/aromatic N) is 2. The first-order valence-corrected chi connectivity index (χ1v) is 5.88. The third-order valence-corrected chi connectivity index (χ3v) is 3.03. The van der Waals surface area contributed by atoms with Gasteiger partial charge >= 0.3 is 5.69 Å². The Bertz CT molecular complexity index is 596. The Morgan fingerprint density at radius 2 is 1.88 bits per heavy atom. The summed E-state index contributed by atoms with van der Waals surface area (Å²) in [6.07, 6.45) is 3.25. The van der Waals surface area contributed by atoms with Crippen LogP contribution in [0.4, 0.5) is 0 Å². The van der Waals surface area contributed by atoms with Gasteiger partial charge in [0.25, 0.3) is 0 Å². The van der Waals surface area contributed by atoms with Crippen LogP contribution in [0.2, 0.25) is 0 Å². The maximum absolute atomic E-state index is 11.9. The van der Waals surface area contributed by atoms with Crippen LogP contribution in [0, 0.1) is 0 Å². The molecule has 4 nitrogen and oxygen atoms in total. The molecule has 0 saturated carbocycles. The molecule has 1 aromatic carbocycles. The lowest BCUT2D eigenvalue weighted by Gasteiger charge is -2.01. The maximum atomic E-state index is 11.9. The van der Waals surface area contributed by atoms with Gasteiger partial charge in [0.15, 0.2) is 5.78 Å². The van der Waals surface area contributed by atoms with E-state index in [-0.39, 0.29) is 18.0 Å². The predicted octanol–water partition coefficient (Wildman–Crippen LogP) is 1.83. The highest BCUT2D eigenvalue weighted by Gasteiger charge is 2.08. The van der Waals surface area contributed by atoms with E-state index in [0.717, 1.165) is 4.47 Å². The fraction of sp³-hybridized carbons (Fsp3) is 0.167. The molecule has 0 radical (unpaired) electrons. The second-order valence-corrected chi connectivity index (χ2v) is 4.67. The average molecular weight is 295 g/mol. The smallest absolute Gasteiger partial charge is 0.302 e. The Morgan fingerprint density at radius 3 is 2.41 bits per heavy atom. The summed E-state index contributed by atoms with van der Waals surface area (Å²) < 4.78 is 3.75. The molecule has 0 N–H and O–H groups in total. The van der Waals surface area contributed by atoms with Crippen molar-refractivity contribution >= 4 is 21.7 Å². The van der Waals surface area contributed by atoms with Crippen molar-refractivity contribution in [2.75, 3.05) is 0 Å². The number of imidazole rings is 1. The van der Waals surface area contributed by atoms with Crippen molar-refractivity contribution in [2.45, 2.75) is 6.54 Å². The minimum Gasteiger partial charge on any atom is -0.302 e. The summed E-state index contributed by atoms with van der Waals surface area (Å²) in [5.41, 5.74) is 0.416. The van der Waals surface area contributed by atoms with Crippen LogP contribution in [0.3, 0.4) is 0 Å². The number of hydrogen-bond acceptors (Lipinski definition) is 2. The summed E-state index contributed by atoms with van der Waals surface area (Å²) in [5.74, 6) is -0.0780. The first-order chi connectivity index (χ1) is 8.08.